The van der Waals surface area contributed by atoms with E-state index >= 15 is 0 Å². The number of nitrogens with one attached hydrogen (secondary N) is 2. The van der Waals surface area contributed by atoms with E-state index in [1.54, 1.807) is 0 Å². The van der Waals surface area contributed by atoms with Gasteiger partial charge in [0.1, 0.15) is 0 Å². The predicted molar refractivity (Wildman–Crippen MR) is 84.5 cm³/mol. The minimum Gasteiger partial charge on any atom is -0.353 e. The maximum Gasteiger partial charge on any atom is 0.416 e. The Morgan fingerprint density at radius 1 is 1.21 bits per heavy atom. The fraction of sp³-hybridized carbons (Fsp3) is 0.250. The SMILES string of the molecule is O=C(NC1CC1)c1cncc(Nc2cc(C(F)(F)F)ccc2Cl)c1. The van der Waals surface area contributed by atoms with Crippen molar-refractivity contribution >= 4 is 28.9 Å². The Morgan fingerprint density at radius 3 is 2.62 bits per heavy atom. The van der Waals surface area contributed by atoms with E-state index < -0.39 is 11.7 Å². The molecule has 1 aliphatic carbocycles. The standard InChI is InChI=1S/C16H13ClF3N3O/c17-13-4-1-10(16(18,19)20)6-14(13)22-12-5-9(7-21-8-12)15(24)23-11-2-3-11/h1,4-8,11,22H,2-3H2,(H,23,24). The van der Waals surface area contributed by atoms with Gasteiger partial charge in [-0.15, -0.1) is 0 Å². The number of amides is 1. The predicted octanol–water partition coefficient (Wildman–Crippen LogP) is 4.39. The molecule has 0 aliphatic heterocycles. The van der Waals surface area contributed by atoms with E-state index in [4.69, 9.17) is 11.6 Å². The Morgan fingerprint density at radius 2 is 1.96 bits per heavy atom. The Hall–Kier alpha value is -2.28. The van der Waals surface area contributed by atoms with Crippen LogP contribution < -0.4 is 10.6 Å². The van der Waals surface area contributed by atoms with Gasteiger partial charge in [0.15, 0.2) is 0 Å². The molecule has 1 fully saturated rings. The van der Waals surface area contributed by atoms with Crippen LogP contribution in [0.3, 0.4) is 0 Å². The summed E-state index contributed by atoms with van der Waals surface area (Å²) < 4.78 is 38.4. The number of carbonyl (C=O) groups is 1. The normalized spacial score (nSPS) is 14.3. The molecule has 0 unspecified atom stereocenters. The number of carbonyl (C=O) groups excluding carboxylic acids is 1. The van der Waals surface area contributed by atoms with Gasteiger partial charge in [0.25, 0.3) is 5.91 Å². The van der Waals surface area contributed by atoms with E-state index in [0.717, 1.165) is 25.0 Å². The first-order valence-electron chi connectivity index (χ1n) is 7.22. The van der Waals surface area contributed by atoms with Crippen LogP contribution in [0.1, 0.15) is 28.8 Å². The summed E-state index contributed by atoms with van der Waals surface area (Å²) >= 11 is 5.95. The number of nitrogens with zero attached hydrogens (tertiary/aromatic N) is 1. The molecule has 0 radical (unpaired) electrons. The van der Waals surface area contributed by atoms with Crippen molar-refractivity contribution in [2.45, 2.75) is 25.1 Å². The first-order valence-corrected chi connectivity index (χ1v) is 7.60. The number of pyridine rings is 1. The van der Waals surface area contributed by atoms with Crippen molar-refractivity contribution in [3.05, 3.63) is 52.8 Å². The summed E-state index contributed by atoms with van der Waals surface area (Å²) in [6.45, 7) is 0. The van der Waals surface area contributed by atoms with Gasteiger partial charge in [0.05, 0.1) is 33.7 Å². The van der Waals surface area contributed by atoms with Gasteiger partial charge in [-0.25, -0.2) is 0 Å². The molecule has 0 saturated heterocycles. The van der Waals surface area contributed by atoms with Crippen LogP contribution in [0.25, 0.3) is 0 Å². The lowest BCUT2D eigenvalue weighted by Crippen LogP contribution is -2.25. The number of alkyl halides is 3. The number of hydrogen-bond acceptors (Lipinski definition) is 3. The van der Waals surface area contributed by atoms with Crippen LogP contribution in [0.4, 0.5) is 24.5 Å². The average Bonchev–Trinajstić information content (AvgIpc) is 3.32. The molecular formula is C16H13ClF3N3O. The van der Waals surface area contributed by atoms with Crippen LogP contribution in [-0.4, -0.2) is 16.9 Å². The van der Waals surface area contributed by atoms with Crippen LogP contribution >= 0.6 is 11.6 Å². The van der Waals surface area contributed by atoms with E-state index in [-0.39, 0.29) is 22.7 Å². The third-order valence-electron chi connectivity index (χ3n) is 3.49. The summed E-state index contributed by atoms with van der Waals surface area (Å²) in [5.74, 6) is -0.260. The highest BCUT2D eigenvalue weighted by Crippen LogP contribution is 2.35. The van der Waals surface area contributed by atoms with E-state index in [9.17, 15) is 18.0 Å². The maximum absolute atomic E-state index is 12.8. The molecule has 2 aromatic rings. The van der Waals surface area contributed by atoms with Gasteiger partial charge in [0, 0.05) is 12.2 Å². The number of benzene rings is 1. The molecular weight excluding hydrogens is 343 g/mol. The summed E-state index contributed by atoms with van der Waals surface area (Å²) in [6, 6.07) is 4.71. The van der Waals surface area contributed by atoms with Crippen LogP contribution in [0, 0.1) is 0 Å². The van der Waals surface area contributed by atoms with E-state index in [1.165, 1.54) is 24.5 Å². The van der Waals surface area contributed by atoms with Gasteiger partial charge < -0.3 is 10.6 Å². The number of rotatable bonds is 4. The molecule has 1 aromatic carbocycles. The molecule has 0 spiro atoms. The highest BCUT2D eigenvalue weighted by molar-refractivity contribution is 6.33. The highest BCUT2D eigenvalue weighted by atomic mass is 35.5. The molecule has 126 valence electrons. The van der Waals surface area contributed by atoms with E-state index in [0.29, 0.717) is 11.3 Å². The lowest BCUT2D eigenvalue weighted by atomic mass is 10.2. The second-order valence-corrected chi connectivity index (χ2v) is 5.93. The Labute approximate surface area is 141 Å². The molecule has 8 heteroatoms. The van der Waals surface area contributed by atoms with Crippen molar-refractivity contribution in [1.29, 1.82) is 0 Å². The number of halogens is 4. The molecule has 2 N–H and O–H groups in total. The maximum atomic E-state index is 12.8. The van der Waals surface area contributed by atoms with Gasteiger partial charge in [-0.1, -0.05) is 11.6 Å². The fourth-order valence-corrected chi connectivity index (χ4v) is 2.25. The number of hydrogen-bond donors (Lipinski definition) is 2. The smallest absolute Gasteiger partial charge is 0.353 e. The number of aromatic nitrogens is 1. The summed E-state index contributed by atoms with van der Waals surface area (Å²) in [5, 5.41) is 5.73. The average molecular weight is 356 g/mol. The van der Waals surface area contributed by atoms with Crippen molar-refractivity contribution in [1.82, 2.24) is 10.3 Å². The summed E-state index contributed by atoms with van der Waals surface area (Å²) in [7, 11) is 0. The largest absolute Gasteiger partial charge is 0.416 e. The summed E-state index contributed by atoms with van der Waals surface area (Å²) in [6.07, 6.45) is 0.250. The first-order chi connectivity index (χ1) is 11.3. The second-order valence-electron chi connectivity index (χ2n) is 5.53. The van der Waals surface area contributed by atoms with Crippen molar-refractivity contribution in [2.24, 2.45) is 0 Å². The zero-order chi connectivity index (χ0) is 17.3. The van der Waals surface area contributed by atoms with Gasteiger partial charge in [-0.05, 0) is 37.1 Å². The molecule has 24 heavy (non-hydrogen) atoms. The third-order valence-corrected chi connectivity index (χ3v) is 3.82. The molecule has 1 aliphatic rings. The molecule has 1 amide bonds. The Kier molecular flexibility index (Phi) is 4.36. The molecule has 1 heterocycles. The van der Waals surface area contributed by atoms with Crippen LogP contribution in [0.15, 0.2) is 36.7 Å². The minimum atomic E-state index is -4.47. The molecule has 0 bridgehead atoms. The van der Waals surface area contributed by atoms with Gasteiger partial charge in [-0.2, -0.15) is 13.2 Å². The van der Waals surface area contributed by atoms with Crippen LogP contribution in [0.2, 0.25) is 5.02 Å². The van der Waals surface area contributed by atoms with Crippen molar-refractivity contribution < 1.29 is 18.0 Å². The van der Waals surface area contributed by atoms with Crippen molar-refractivity contribution in [3.8, 4) is 0 Å². The molecule has 1 aromatic heterocycles. The van der Waals surface area contributed by atoms with Crippen LogP contribution in [-0.2, 0) is 6.18 Å². The second kappa shape index (κ2) is 6.32. The van der Waals surface area contributed by atoms with Gasteiger partial charge in [-0.3, -0.25) is 9.78 Å². The molecule has 1 saturated carbocycles. The highest BCUT2D eigenvalue weighted by Gasteiger charge is 2.31. The molecule has 4 nitrogen and oxygen atoms in total. The lowest BCUT2D eigenvalue weighted by molar-refractivity contribution is -0.137. The zero-order valence-electron chi connectivity index (χ0n) is 12.3. The Bertz CT molecular complexity index is 775. The summed E-state index contributed by atoms with van der Waals surface area (Å²) in [5.41, 5.74) is -0.0206. The van der Waals surface area contributed by atoms with E-state index in [1.807, 2.05) is 0 Å². The molecule has 3 rings (SSSR count). The third kappa shape index (κ3) is 3.97. The van der Waals surface area contributed by atoms with E-state index in [2.05, 4.69) is 15.6 Å². The Balaban J connectivity index is 1.82. The van der Waals surface area contributed by atoms with Crippen molar-refractivity contribution in [2.75, 3.05) is 5.32 Å². The molecule has 0 atom stereocenters. The van der Waals surface area contributed by atoms with Gasteiger partial charge >= 0.3 is 6.18 Å². The monoisotopic (exact) mass is 355 g/mol. The lowest BCUT2D eigenvalue weighted by Gasteiger charge is -2.13. The zero-order valence-corrected chi connectivity index (χ0v) is 13.1. The minimum absolute atomic E-state index is 0.0908. The fourth-order valence-electron chi connectivity index (χ4n) is 2.08. The first kappa shape index (κ1) is 16.6. The van der Waals surface area contributed by atoms with Crippen molar-refractivity contribution in [3.63, 3.8) is 0 Å². The quantitative estimate of drug-likeness (QED) is 0.855. The van der Waals surface area contributed by atoms with Crippen LogP contribution in [0.5, 0.6) is 0 Å². The summed E-state index contributed by atoms with van der Waals surface area (Å²) in [4.78, 5) is 15.9. The number of anilines is 2. The topological polar surface area (TPSA) is 54.0 Å². The van der Waals surface area contributed by atoms with Gasteiger partial charge in [0.2, 0.25) is 0 Å².